The molecule has 0 aromatic carbocycles. The largest absolute Gasteiger partial charge is 0.409 e. The minimum absolute atomic E-state index is 0.239. The van der Waals surface area contributed by atoms with Crippen molar-refractivity contribution in [1.29, 1.82) is 0 Å². The molecule has 0 spiro atoms. The highest BCUT2D eigenvalue weighted by molar-refractivity contribution is 5.82. The standard InChI is InChI=1S/C11H23N3O/c1-3-5-9(2)14-7-4-6-10(8-14)11(12)13-15/h9-10,15H,3-8H2,1-2H3,(H2,12,13). The average molecular weight is 213 g/mol. The van der Waals surface area contributed by atoms with Gasteiger partial charge < -0.3 is 10.9 Å². The Morgan fingerprint density at radius 3 is 3.00 bits per heavy atom. The number of nitrogens with zero attached hydrogens (tertiary/aromatic N) is 2. The van der Waals surface area contributed by atoms with E-state index >= 15 is 0 Å². The van der Waals surface area contributed by atoms with E-state index in [9.17, 15) is 0 Å². The third kappa shape index (κ3) is 3.38. The van der Waals surface area contributed by atoms with Crippen molar-refractivity contribution in [3.63, 3.8) is 0 Å². The van der Waals surface area contributed by atoms with Gasteiger partial charge in [-0.05, 0) is 32.7 Å². The summed E-state index contributed by atoms with van der Waals surface area (Å²) in [7, 11) is 0. The number of likely N-dealkylation sites (tertiary alicyclic amines) is 1. The monoisotopic (exact) mass is 213 g/mol. The summed E-state index contributed by atoms with van der Waals surface area (Å²) in [5, 5.41) is 11.8. The topological polar surface area (TPSA) is 61.8 Å². The van der Waals surface area contributed by atoms with E-state index in [-0.39, 0.29) is 5.92 Å². The maximum Gasteiger partial charge on any atom is 0.143 e. The third-order valence-corrected chi connectivity index (χ3v) is 3.32. The minimum Gasteiger partial charge on any atom is -0.409 e. The molecule has 15 heavy (non-hydrogen) atoms. The van der Waals surface area contributed by atoms with Crippen molar-refractivity contribution in [1.82, 2.24) is 4.90 Å². The summed E-state index contributed by atoms with van der Waals surface area (Å²) in [5.41, 5.74) is 5.66. The van der Waals surface area contributed by atoms with Crippen LogP contribution in [0.15, 0.2) is 5.16 Å². The Labute approximate surface area is 92.1 Å². The van der Waals surface area contributed by atoms with Gasteiger partial charge in [-0.15, -0.1) is 0 Å². The van der Waals surface area contributed by atoms with Crippen LogP contribution < -0.4 is 5.73 Å². The van der Waals surface area contributed by atoms with Crippen molar-refractivity contribution in [3.05, 3.63) is 0 Å². The molecular formula is C11H23N3O. The lowest BCUT2D eigenvalue weighted by atomic mass is 9.95. The molecule has 1 rings (SSSR count). The first-order valence-corrected chi connectivity index (χ1v) is 5.90. The van der Waals surface area contributed by atoms with E-state index in [2.05, 4.69) is 23.9 Å². The van der Waals surface area contributed by atoms with Gasteiger partial charge in [0.25, 0.3) is 0 Å². The molecule has 0 aliphatic carbocycles. The van der Waals surface area contributed by atoms with Crippen molar-refractivity contribution >= 4 is 5.84 Å². The summed E-state index contributed by atoms with van der Waals surface area (Å²) in [6.07, 6.45) is 4.63. The summed E-state index contributed by atoms with van der Waals surface area (Å²) < 4.78 is 0. The molecule has 0 saturated carbocycles. The lowest BCUT2D eigenvalue weighted by Gasteiger charge is -2.36. The van der Waals surface area contributed by atoms with Crippen LogP contribution in [0, 0.1) is 5.92 Å². The van der Waals surface area contributed by atoms with Crippen LogP contribution in [0.5, 0.6) is 0 Å². The number of hydrogen-bond acceptors (Lipinski definition) is 3. The first-order chi connectivity index (χ1) is 7.19. The van der Waals surface area contributed by atoms with E-state index in [1.54, 1.807) is 0 Å². The highest BCUT2D eigenvalue weighted by atomic mass is 16.4. The minimum atomic E-state index is 0.239. The molecule has 0 amide bonds. The first-order valence-electron chi connectivity index (χ1n) is 5.90. The summed E-state index contributed by atoms with van der Waals surface area (Å²) in [4.78, 5) is 2.45. The summed E-state index contributed by atoms with van der Waals surface area (Å²) in [6.45, 7) is 6.56. The van der Waals surface area contributed by atoms with Crippen LogP contribution >= 0.6 is 0 Å². The normalized spacial score (nSPS) is 26.5. The highest BCUT2D eigenvalue weighted by Crippen LogP contribution is 2.20. The summed E-state index contributed by atoms with van der Waals surface area (Å²) in [5.74, 6) is 0.631. The number of piperidine rings is 1. The summed E-state index contributed by atoms with van der Waals surface area (Å²) in [6, 6.07) is 0.615. The molecule has 1 aliphatic rings. The van der Waals surface area contributed by atoms with Gasteiger partial charge in [0.1, 0.15) is 5.84 Å². The Morgan fingerprint density at radius 2 is 2.40 bits per heavy atom. The van der Waals surface area contributed by atoms with Gasteiger partial charge in [-0.2, -0.15) is 0 Å². The lowest BCUT2D eigenvalue weighted by Crippen LogP contribution is -2.45. The Bertz CT molecular complexity index is 218. The highest BCUT2D eigenvalue weighted by Gasteiger charge is 2.25. The molecule has 0 aromatic rings. The molecule has 1 heterocycles. The van der Waals surface area contributed by atoms with Gasteiger partial charge in [0.2, 0.25) is 0 Å². The van der Waals surface area contributed by atoms with Crippen LogP contribution in [0.1, 0.15) is 39.5 Å². The molecule has 1 fully saturated rings. The maximum atomic E-state index is 8.66. The first kappa shape index (κ1) is 12.3. The van der Waals surface area contributed by atoms with Crippen molar-refractivity contribution in [2.24, 2.45) is 16.8 Å². The predicted molar refractivity (Wildman–Crippen MR) is 62.1 cm³/mol. The molecule has 4 nitrogen and oxygen atoms in total. The smallest absolute Gasteiger partial charge is 0.143 e. The van der Waals surface area contributed by atoms with Crippen molar-refractivity contribution < 1.29 is 5.21 Å². The van der Waals surface area contributed by atoms with Crippen LogP contribution in [0.25, 0.3) is 0 Å². The van der Waals surface area contributed by atoms with E-state index < -0.39 is 0 Å². The second kappa shape index (κ2) is 5.95. The molecule has 2 atom stereocenters. The number of rotatable bonds is 4. The van der Waals surface area contributed by atoms with E-state index in [1.807, 2.05) is 0 Å². The Balaban J connectivity index is 2.48. The zero-order chi connectivity index (χ0) is 11.3. The maximum absolute atomic E-state index is 8.66. The molecule has 88 valence electrons. The lowest BCUT2D eigenvalue weighted by molar-refractivity contribution is 0.145. The van der Waals surface area contributed by atoms with Gasteiger partial charge in [-0.3, -0.25) is 4.90 Å². The van der Waals surface area contributed by atoms with Crippen LogP contribution in [0.4, 0.5) is 0 Å². The molecular weight excluding hydrogens is 190 g/mol. The number of oxime groups is 1. The van der Waals surface area contributed by atoms with Crippen molar-refractivity contribution in [2.45, 2.75) is 45.6 Å². The van der Waals surface area contributed by atoms with Crippen LogP contribution in [-0.4, -0.2) is 35.1 Å². The van der Waals surface area contributed by atoms with Gasteiger partial charge in [-0.1, -0.05) is 18.5 Å². The van der Waals surface area contributed by atoms with Crippen molar-refractivity contribution in [2.75, 3.05) is 13.1 Å². The van der Waals surface area contributed by atoms with Crippen molar-refractivity contribution in [3.8, 4) is 0 Å². The Hall–Kier alpha value is -0.770. The van der Waals surface area contributed by atoms with Gasteiger partial charge >= 0.3 is 0 Å². The zero-order valence-electron chi connectivity index (χ0n) is 9.82. The summed E-state index contributed by atoms with van der Waals surface area (Å²) >= 11 is 0. The van der Waals surface area contributed by atoms with Gasteiger partial charge in [-0.25, -0.2) is 0 Å². The van der Waals surface area contributed by atoms with Gasteiger partial charge in [0.05, 0.1) is 0 Å². The Morgan fingerprint density at radius 1 is 1.67 bits per heavy atom. The fourth-order valence-corrected chi connectivity index (χ4v) is 2.33. The fourth-order valence-electron chi connectivity index (χ4n) is 2.33. The van der Waals surface area contributed by atoms with Crippen LogP contribution in [0.2, 0.25) is 0 Å². The number of amidine groups is 1. The number of nitrogens with two attached hydrogens (primary N) is 1. The molecule has 1 aliphatic heterocycles. The van der Waals surface area contributed by atoms with Crippen LogP contribution in [-0.2, 0) is 0 Å². The molecule has 4 heteroatoms. The van der Waals surface area contributed by atoms with E-state index in [4.69, 9.17) is 10.9 Å². The SMILES string of the molecule is CCCC(C)N1CCCC(C(N)=NO)C1. The molecule has 3 N–H and O–H groups in total. The predicted octanol–water partition coefficient (Wildman–Crippen LogP) is 1.63. The molecule has 2 unspecified atom stereocenters. The van der Waals surface area contributed by atoms with E-state index in [1.165, 1.54) is 12.8 Å². The van der Waals surface area contributed by atoms with E-state index in [0.29, 0.717) is 11.9 Å². The second-order valence-electron chi connectivity index (χ2n) is 4.50. The third-order valence-electron chi connectivity index (χ3n) is 3.32. The Kier molecular flexibility index (Phi) is 4.88. The average Bonchev–Trinajstić information content (AvgIpc) is 2.28. The quantitative estimate of drug-likeness (QED) is 0.323. The van der Waals surface area contributed by atoms with Crippen LogP contribution in [0.3, 0.4) is 0 Å². The fraction of sp³-hybridized carbons (Fsp3) is 0.909. The zero-order valence-corrected chi connectivity index (χ0v) is 9.82. The molecule has 0 aromatic heterocycles. The molecule has 0 bridgehead atoms. The van der Waals surface area contributed by atoms with E-state index in [0.717, 1.165) is 25.9 Å². The van der Waals surface area contributed by atoms with Gasteiger partial charge in [0, 0.05) is 18.5 Å². The molecule has 0 radical (unpaired) electrons. The number of hydrogen-bond donors (Lipinski definition) is 2. The second-order valence-corrected chi connectivity index (χ2v) is 4.50. The molecule has 1 saturated heterocycles. The van der Waals surface area contributed by atoms with Gasteiger partial charge in [0.15, 0.2) is 0 Å².